The summed E-state index contributed by atoms with van der Waals surface area (Å²) in [7, 11) is 0. The first kappa shape index (κ1) is 10.4. The highest BCUT2D eigenvalue weighted by atomic mass is 79.9. The van der Waals surface area contributed by atoms with Crippen molar-refractivity contribution in [2.45, 2.75) is 19.9 Å². The quantitative estimate of drug-likeness (QED) is 0.852. The molecule has 1 heterocycles. The van der Waals surface area contributed by atoms with Crippen molar-refractivity contribution in [1.29, 1.82) is 0 Å². The van der Waals surface area contributed by atoms with Crippen LogP contribution in [0.4, 0.5) is 0 Å². The molecule has 2 N–H and O–H groups in total. The van der Waals surface area contributed by atoms with E-state index in [1.807, 2.05) is 6.92 Å². The van der Waals surface area contributed by atoms with E-state index in [9.17, 15) is 4.79 Å². The fourth-order valence-electron chi connectivity index (χ4n) is 1.06. The van der Waals surface area contributed by atoms with Crippen LogP contribution in [-0.4, -0.2) is 16.1 Å². The monoisotopic (exact) mass is 245 g/mol. The topological polar surface area (TPSA) is 60.9 Å². The third-order valence-corrected chi connectivity index (χ3v) is 2.33. The van der Waals surface area contributed by atoms with Gasteiger partial charge in [-0.25, -0.2) is 4.98 Å². The first-order chi connectivity index (χ1) is 6.16. The van der Waals surface area contributed by atoms with E-state index in [-0.39, 0.29) is 5.56 Å². The van der Waals surface area contributed by atoms with Crippen molar-refractivity contribution in [3.63, 3.8) is 0 Å². The van der Waals surface area contributed by atoms with Crippen LogP contribution in [0.3, 0.4) is 0 Å². The average Bonchev–Trinajstić information content (AvgIpc) is 2.12. The Morgan fingerprint density at radius 3 is 3.00 bits per heavy atom. The minimum atomic E-state index is -0.0408. The van der Waals surface area contributed by atoms with Gasteiger partial charge in [0.1, 0.15) is 10.3 Å². The number of nitrogens with zero attached hydrogens (tertiary/aromatic N) is 2. The van der Waals surface area contributed by atoms with Gasteiger partial charge in [0.2, 0.25) is 0 Å². The highest BCUT2D eigenvalue weighted by molar-refractivity contribution is 9.10. The summed E-state index contributed by atoms with van der Waals surface area (Å²) >= 11 is 3.15. The summed E-state index contributed by atoms with van der Waals surface area (Å²) < 4.78 is 2.12. The molecule has 1 rings (SSSR count). The molecule has 1 aromatic rings. The van der Waals surface area contributed by atoms with E-state index in [1.165, 1.54) is 6.20 Å². The van der Waals surface area contributed by atoms with Crippen molar-refractivity contribution >= 4 is 15.9 Å². The van der Waals surface area contributed by atoms with Crippen molar-refractivity contribution in [2.75, 3.05) is 6.54 Å². The molecule has 0 atom stereocenters. The van der Waals surface area contributed by atoms with Crippen LogP contribution in [-0.2, 0) is 6.54 Å². The summed E-state index contributed by atoms with van der Waals surface area (Å²) in [6, 6.07) is 0. The summed E-state index contributed by atoms with van der Waals surface area (Å²) in [5.41, 5.74) is 5.33. The normalized spacial score (nSPS) is 10.4. The predicted molar refractivity (Wildman–Crippen MR) is 54.6 cm³/mol. The third-order valence-electron chi connectivity index (χ3n) is 1.79. The molecule has 0 fully saturated rings. The van der Waals surface area contributed by atoms with Gasteiger partial charge in [0.25, 0.3) is 5.56 Å². The summed E-state index contributed by atoms with van der Waals surface area (Å²) in [6.07, 6.45) is 2.31. The molecule has 0 unspecified atom stereocenters. The molecule has 0 spiro atoms. The summed E-state index contributed by atoms with van der Waals surface area (Å²) in [5.74, 6) is 0.724. The van der Waals surface area contributed by atoms with Gasteiger partial charge in [-0.05, 0) is 35.8 Å². The molecule has 72 valence electrons. The maximum atomic E-state index is 11.5. The Hall–Kier alpha value is -0.680. The van der Waals surface area contributed by atoms with Gasteiger partial charge >= 0.3 is 0 Å². The standard InChI is InChI=1S/C8H12BrN3O/c1-6-11-5-7(9)8(13)12(6)4-2-3-10/h5H,2-4,10H2,1H3. The Bertz CT molecular complexity index is 348. The van der Waals surface area contributed by atoms with Gasteiger partial charge in [-0.1, -0.05) is 0 Å². The SMILES string of the molecule is Cc1ncc(Br)c(=O)n1CCCN. The number of hydrogen-bond acceptors (Lipinski definition) is 3. The molecule has 0 radical (unpaired) electrons. The smallest absolute Gasteiger partial charge is 0.267 e. The molecular weight excluding hydrogens is 234 g/mol. The van der Waals surface area contributed by atoms with Gasteiger partial charge in [0, 0.05) is 12.7 Å². The Morgan fingerprint density at radius 1 is 1.69 bits per heavy atom. The predicted octanol–water partition coefficient (Wildman–Crippen LogP) is 0.663. The number of rotatable bonds is 3. The zero-order chi connectivity index (χ0) is 9.84. The molecule has 4 nitrogen and oxygen atoms in total. The Morgan fingerprint density at radius 2 is 2.38 bits per heavy atom. The first-order valence-electron chi connectivity index (χ1n) is 4.09. The van der Waals surface area contributed by atoms with Crippen LogP contribution in [0.1, 0.15) is 12.2 Å². The van der Waals surface area contributed by atoms with E-state index in [4.69, 9.17) is 5.73 Å². The van der Waals surface area contributed by atoms with Gasteiger partial charge in [0.15, 0.2) is 0 Å². The lowest BCUT2D eigenvalue weighted by molar-refractivity contribution is 0.596. The molecule has 13 heavy (non-hydrogen) atoms. The molecule has 0 saturated heterocycles. The third kappa shape index (κ3) is 2.38. The van der Waals surface area contributed by atoms with E-state index >= 15 is 0 Å². The van der Waals surface area contributed by atoms with Gasteiger partial charge < -0.3 is 5.73 Å². The van der Waals surface area contributed by atoms with Crippen LogP contribution in [0.5, 0.6) is 0 Å². The van der Waals surface area contributed by atoms with Crippen LogP contribution in [0.15, 0.2) is 15.5 Å². The van der Waals surface area contributed by atoms with Crippen molar-refractivity contribution in [2.24, 2.45) is 5.73 Å². The van der Waals surface area contributed by atoms with Crippen LogP contribution in [0.2, 0.25) is 0 Å². The molecule has 0 aliphatic carbocycles. The van der Waals surface area contributed by atoms with Gasteiger partial charge in [-0.15, -0.1) is 0 Å². The van der Waals surface area contributed by atoms with Crippen LogP contribution < -0.4 is 11.3 Å². The molecule has 0 aromatic carbocycles. The Balaban J connectivity index is 3.03. The maximum absolute atomic E-state index is 11.5. The zero-order valence-electron chi connectivity index (χ0n) is 7.46. The molecule has 1 aromatic heterocycles. The zero-order valence-corrected chi connectivity index (χ0v) is 9.04. The van der Waals surface area contributed by atoms with E-state index < -0.39 is 0 Å². The maximum Gasteiger partial charge on any atom is 0.267 e. The second-order valence-electron chi connectivity index (χ2n) is 2.75. The van der Waals surface area contributed by atoms with Gasteiger partial charge in [-0.2, -0.15) is 0 Å². The fraction of sp³-hybridized carbons (Fsp3) is 0.500. The van der Waals surface area contributed by atoms with Crippen molar-refractivity contribution in [3.05, 3.63) is 26.8 Å². The van der Waals surface area contributed by atoms with Crippen molar-refractivity contribution in [1.82, 2.24) is 9.55 Å². The van der Waals surface area contributed by atoms with Crippen LogP contribution in [0.25, 0.3) is 0 Å². The Kier molecular flexibility index (Phi) is 3.62. The highest BCUT2D eigenvalue weighted by Crippen LogP contribution is 2.01. The minimum Gasteiger partial charge on any atom is -0.330 e. The summed E-state index contributed by atoms with van der Waals surface area (Å²) in [5, 5.41) is 0. The first-order valence-corrected chi connectivity index (χ1v) is 4.88. The van der Waals surface area contributed by atoms with E-state index in [1.54, 1.807) is 4.57 Å². The Labute approximate surface area is 84.9 Å². The van der Waals surface area contributed by atoms with Crippen LogP contribution in [0, 0.1) is 6.92 Å². The lowest BCUT2D eigenvalue weighted by Crippen LogP contribution is -2.25. The lowest BCUT2D eigenvalue weighted by Gasteiger charge is -2.07. The molecule has 0 aliphatic rings. The molecule has 0 saturated carbocycles. The van der Waals surface area contributed by atoms with E-state index in [0.29, 0.717) is 17.6 Å². The second kappa shape index (κ2) is 4.53. The molecular formula is C8H12BrN3O. The number of aryl methyl sites for hydroxylation is 1. The second-order valence-corrected chi connectivity index (χ2v) is 3.61. The largest absolute Gasteiger partial charge is 0.330 e. The number of aromatic nitrogens is 2. The van der Waals surface area contributed by atoms with Gasteiger partial charge in [0.05, 0.1) is 0 Å². The van der Waals surface area contributed by atoms with Crippen molar-refractivity contribution in [3.8, 4) is 0 Å². The van der Waals surface area contributed by atoms with Crippen LogP contribution >= 0.6 is 15.9 Å². The summed E-state index contributed by atoms with van der Waals surface area (Å²) in [4.78, 5) is 15.6. The molecule has 5 heteroatoms. The van der Waals surface area contributed by atoms with Crippen molar-refractivity contribution < 1.29 is 0 Å². The van der Waals surface area contributed by atoms with Gasteiger partial charge in [-0.3, -0.25) is 9.36 Å². The average molecular weight is 246 g/mol. The van der Waals surface area contributed by atoms with E-state index in [2.05, 4.69) is 20.9 Å². The number of hydrogen-bond donors (Lipinski definition) is 1. The number of nitrogens with two attached hydrogens (primary N) is 1. The molecule has 0 aliphatic heterocycles. The molecule has 0 amide bonds. The highest BCUT2D eigenvalue weighted by Gasteiger charge is 2.03. The fourth-order valence-corrected chi connectivity index (χ4v) is 1.38. The minimum absolute atomic E-state index is 0.0408. The lowest BCUT2D eigenvalue weighted by atomic mass is 10.4. The summed E-state index contributed by atoms with van der Waals surface area (Å²) in [6.45, 7) is 3.02. The molecule has 0 bridgehead atoms. The van der Waals surface area contributed by atoms with E-state index in [0.717, 1.165) is 12.2 Å². The number of halogens is 1.